The zero-order chi connectivity index (χ0) is 17.1. The van der Waals surface area contributed by atoms with Gasteiger partial charge in [-0.3, -0.25) is 4.79 Å². The molecule has 1 amide bonds. The molecule has 0 bridgehead atoms. The Hall–Kier alpha value is -2.33. The lowest BCUT2D eigenvalue weighted by atomic mass is 10.1. The highest BCUT2D eigenvalue weighted by Gasteiger charge is 2.19. The van der Waals surface area contributed by atoms with Crippen LogP contribution in [-0.2, 0) is 6.42 Å². The van der Waals surface area contributed by atoms with E-state index in [1.54, 1.807) is 18.4 Å². The van der Waals surface area contributed by atoms with Gasteiger partial charge in [-0.15, -0.1) is 11.3 Å². The van der Waals surface area contributed by atoms with E-state index in [0.717, 1.165) is 33.5 Å². The van der Waals surface area contributed by atoms with Gasteiger partial charge in [0.1, 0.15) is 5.75 Å². The zero-order valence-electron chi connectivity index (χ0n) is 14.2. The summed E-state index contributed by atoms with van der Waals surface area (Å²) < 4.78 is 6.52. The Labute approximate surface area is 146 Å². The molecule has 0 saturated carbocycles. The van der Waals surface area contributed by atoms with E-state index in [1.165, 1.54) is 5.39 Å². The van der Waals surface area contributed by atoms with Crippen LogP contribution in [0.2, 0.25) is 0 Å². The monoisotopic (exact) mass is 339 g/mol. The second kappa shape index (κ2) is 7.05. The number of rotatable bonds is 5. The van der Waals surface area contributed by atoms with Crippen molar-refractivity contribution in [2.24, 2.45) is 0 Å². The second-order valence-corrected chi connectivity index (χ2v) is 6.87. The Morgan fingerprint density at radius 3 is 2.75 bits per heavy atom. The van der Waals surface area contributed by atoms with Gasteiger partial charge in [-0.2, -0.15) is 0 Å². The summed E-state index contributed by atoms with van der Waals surface area (Å²) in [6, 6.07) is 14.0. The zero-order valence-corrected chi connectivity index (χ0v) is 15.0. The van der Waals surface area contributed by atoms with Crippen molar-refractivity contribution in [2.45, 2.75) is 26.7 Å². The average molecular weight is 339 g/mol. The number of carbonyl (C=O) groups excluding carboxylic acids is 1. The van der Waals surface area contributed by atoms with E-state index < -0.39 is 0 Å². The van der Waals surface area contributed by atoms with Crippen LogP contribution in [0.1, 0.15) is 34.1 Å². The Kier molecular flexibility index (Phi) is 4.86. The summed E-state index contributed by atoms with van der Waals surface area (Å²) >= 11 is 1.56. The summed E-state index contributed by atoms with van der Waals surface area (Å²) in [5, 5.41) is 4.21. The number of ether oxygens (including phenoxy) is 1. The molecule has 4 heteroatoms. The number of anilines is 1. The SMILES string of the molecule is CCCc1c(C(=O)Nc2cc(C)ccc2OC)sc2ccccc12. The van der Waals surface area contributed by atoms with Gasteiger partial charge in [0.2, 0.25) is 0 Å². The molecule has 0 aliphatic rings. The summed E-state index contributed by atoms with van der Waals surface area (Å²) in [5.74, 6) is 0.607. The average Bonchev–Trinajstić information content (AvgIpc) is 2.94. The number of hydrogen-bond acceptors (Lipinski definition) is 3. The molecule has 1 aromatic heterocycles. The molecular formula is C20H21NO2S. The van der Waals surface area contributed by atoms with E-state index in [9.17, 15) is 4.79 Å². The quantitative estimate of drug-likeness (QED) is 0.674. The van der Waals surface area contributed by atoms with Gasteiger partial charge in [0, 0.05) is 4.70 Å². The van der Waals surface area contributed by atoms with Crippen molar-refractivity contribution in [3.8, 4) is 5.75 Å². The van der Waals surface area contributed by atoms with Gasteiger partial charge in [-0.25, -0.2) is 0 Å². The number of carbonyl (C=O) groups is 1. The van der Waals surface area contributed by atoms with Crippen LogP contribution in [0.5, 0.6) is 5.75 Å². The highest BCUT2D eigenvalue weighted by Crippen LogP contribution is 2.34. The van der Waals surface area contributed by atoms with Crippen molar-refractivity contribution >= 4 is 33.0 Å². The molecule has 1 N–H and O–H groups in total. The fourth-order valence-corrected chi connectivity index (χ4v) is 4.03. The number of fused-ring (bicyclic) bond motifs is 1. The third-order valence-corrected chi connectivity index (χ3v) is 5.22. The molecule has 0 fully saturated rings. The van der Waals surface area contributed by atoms with Crippen molar-refractivity contribution in [1.82, 2.24) is 0 Å². The van der Waals surface area contributed by atoms with Gasteiger partial charge < -0.3 is 10.1 Å². The summed E-state index contributed by atoms with van der Waals surface area (Å²) in [5.41, 5.74) is 2.93. The minimum atomic E-state index is -0.0662. The molecule has 3 aromatic rings. The molecule has 0 atom stereocenters. The predicted molar refractivity (Wildman–Crippen MR) is 102 cm³/mol. The van der Waals surface area contributed by atoms with Crippen molar-refractivity contribution in [3.63, 3.8) is 0 Å². The first-order valence-electron chi connectivity index (χ1n) is 8.10. The molecule has 1 heterocycles. The van der Waals surface area contributed by atoms with Crippen LogP contribution in [0.3, 0.4) is 0 Å². The number of methoxy groups -OCH3 is 1. The number of hydrogen-bond donors (Lipinski definition) is 1. The molecular weight excluding hydrogens is 318 g/mol. The fourth-order valence-electron chi connectivity index (χ4n) is 2.88. The lowest BCUT2D eigenvalue weighted by Gasteiger charge is -2.11. The van der Waals surface area contributed by atoms with Crippen molar-refractivity contribution in [1.29, 1.82) is 0 Å². The Bertz CT molecular complexity index is 882. The van der Waals surface area contributed by atoms with E-state index in [2.05, 4.69) is 24.4 Å². The number of benzene rings is 2. The standard InChI is InChI=1S/C20H21NO2S/c1-4-7-15-14-8-5-6-9-18(14)24-19(15)20(22)21-16-12-13(2)10-11-17(16)23-3/h5-6,8-12H,4,7H2,1-3H3,(H,21,22). The van der Waals surface area contributed by atoms with Crippen LogP contribution in [0, 0.1) is 6.92 Å². The predicted octanol–water partition coefficient (Wildman–Crippen LogP) is 5.42. The number of nitrogens with one attached hydrogen (secondary N) is 1. The van der Waals surface area contributed by atoms with E-state index in [4.69, 9.17) is 4.74 Å². The highest BCUT2D eigenvalue weighted by molar-refractivity contribution is 7.21. The lowest BCUT2D eigenvalue weighted by molar-refractivity contribution is 0.102. The lowest BCUT2D eigenvalue weighted by Crippen LogP contribution is -2.13. The smallest absolute Gasteiger partial charge is 0.266 e. The molecule has 3 nitrogen and oxygen atoms in total. The summed E-state index contributed by atoms with van der Waals surface area (Å²) in [6.45, 7) is 4.13. The molecule has 0 saturated heterocycles. The van der Waals surface area contributed by atoms with Crippen LogP contribution in [0.25, 0.3) is 10.1 Å². The molecule has 0 unspecified atom stereocenters. The highest BCUT2D eigenvalue weighted by atomic mass is 32.1. The van der Waals surface area contributed by atoms with Crippen LogP contribution in [0.4, 0.5) is 5.69 Å². The third-order valence-electron chi connectivity index (χ3n) is 4.01. The maximum absolute atomic E-state index is 12.9. The minimum Gasteiger partial charge on any atom is -0.495 e. The molecule has 0 aliphatic carbocycles. The molecule has 24 heavy (non-hydrogen) atoms. The first kappa shape index (κ1) is 16.5. The van der Waals surface area contributed by atoms with E-state index in [-0.39, 0.29) is 5.91 Å². The van der Waals surface area contributed by atoms with Crippen LogP contribution in [0.15, 0.2) is 42.5 Å². The molecule has 0 radical (unpaired) electrons. The van der Waals surface area contributed by atoms with Crippen molar-refractivity contribution in [2.75, 3.05) is 12.4 Å². The van der Waals surface area contributed by atoms with Gasteiger partial charge in [-0.05, 0) is 48.1 Å². The van der Waals surface area contributed by atoms with Crippen molar-refractivity contribution < 1.29 is 9.53 Å². The van der Waals surface area contributed by atoms with Gasteiger partial charge in [0.15, 0.2) is 0 Å². The van der Waals surface area contributed by atoms with Crippen molar-refractivity contribution in [3.05, 3.63) is 58.5 Å². The molecule has 2 aromatic carbocycles. The largest absolute Gasteiger partial charge is 0.495 e. The third kappa shape index (κ3) is 3.15. The number of aryl methyl sites for hydroxylation is 2. The fraction of sp³-hybridized carbons (Fsp3) is 0.250. The Morgan fingerprint density at radius 2 is 2.00 bits per heavy atom. The van der Waals surface area contributed by atoms with E-state index >= 15 is 0 Å². The number of amides is 1. The topological polar surface area (TPSA) is 38.3 Å². The van der Waals surface area contributed by atoms with E-state index in [0.29, 0.717) is 11.4 Å². The first-order chi connectivity index (χ1) is 11.6. The second-order valence-electron chi connectivity index (χ2n) is 5.81. The van der Waals surface area contributed by atoms with Gasteiger partial charge >= 0.3 is 0 Å². The summed E-state index contributed by atoms with van der Waals surface area (Å²) in [4.78, 5) is 13.7. The Morgan fingerprint density at radius 1 is 1.21 bits per heavy atom. The number of thiophene rings is 1. The minimum absolute atomic E-state index is 0.0662. The van der Waals surface area contributed by atoms with Crippen LogP contribution < -0.4 is 10.1 Å². The maximum atomic E-state index is 12.9. The van der Waals surface area contributed by atoms with Gasteiger partial charge in [-0.1, -0.05) is 37.6 Å². The normalized spacial score (nSPS) is 10.8. The molecule has 0 aliphatic heterocycles. The van der Waals surface area contributed by atoms with Crippen LogP contribution >= 0.6 is 11.3 Å². The molecule has 124 valence electrons. The maximum Gasteiger partial charge on any atom is 0.266 e. The van der Waals surface area contributed by atoms with E-state index in [1.807, 2.05) is 37.3 Å². The van der Waals surface area contributed by atoms with Gasteiger partial charge in [0.25, 0.3) is 5.91 Å². The first-order valence-corrected chi connectivity index (χ1v) is 8.92. The summed E-state index contributed by atoms with van der Waals surface area (Å²) in [6.07, 6.45) is 1.91. The molecule has 3 rings (SSSR count). The van der Waals surface area contributed by atoms with Crippen LogP contribution in [-0.4, -0.2) is 13.0 Å². The molecule has 0 spiro atoms. The van der Waals surface area contributed by atoms with Gasteiger partial charge in [0.05, 0.1) is 17.7 Å². The summed E-state index contributed by atoms with van der Waals surface area (Å²) in [7, 11) is 1.61. The Balaban J connectivity index is 2.00.